The summed E-state index contributed by atoms with van der Waals surface area (Å²) in [7, 11) is 1.55. The Bertz CT molecular complexity index is 1820. The maximum atomic E-state index is 13.9. The number of hydrogen-bond donors (Lipinski definition) is 0. The third kappa shape index (κ3) is 4.91. The Balaban J connectivity index is 1.22. The van der Waals surface area contributed by atoms with Gasteiger partial charge in [-0.15, -0.1) is 0 Å². The molecule has 2 heterocycles. The molecule has 5 aliphatic rings. The predicted molar refractivity (Wildman–Crippen MR) is 166 cm³/mol. The van der Waals surface area contributed by atoms with Crippen molar-refractivity contribution in [1.82, 2.24) is 4.57 Å². The van der Waals surface area contributed by atoms with Crippen LogP contribution in [-0.2, 0) is 14.3 Å². The highest BCUT2D eigenvalue weighted by Gasteiger charge is 2.55. The lowest BCUT2D eigenvalue weighted by molar-refractivity contribution is -0.161. The number of ether oxygens (including phenoxy) is 3. The van der Waals surface area contributed by atoms with Gasteiger partial charge in [0.05, 0.1) is 41.0 Å². The molecule has 9 heteroatoms. The van der Waals surface area contributed by atoms with Gasteiger partial charge in [-0.3, -0.25) is 14.2 Å². The molecule has 8 nitrogen and oxygen atoms in total. The Morgan fingerprint density at radius 2 is 1.70 bits per heavy atom. The van der Waals surface area contributed by atoms with E-state index in [4.69, 9.17) is 14.2 Å². The molecule has 44 heavy (non-hydrogen) atoms. The lowest BCUT2D eigenvalue weighted by Gasteiger charge is -2.55. The van der Waals surface area contributed by atoms with Crippen LogP contribution in [0.25, 0.3) is 6.08 Å². The molecule has 228 valence electrons. The number of methoxy groups -OCH3 is 1. The van der Waals surface area contributed by atoms with E-state index in [1.54, 1.807) is 43.7 Å². The van der Waals surface area contributed by atoms with Crippen LogP contribution in [0.1, 0.15) is 69.5 Å². The molecule has 2 aromatic carbocycles. The van der Waals surface area contributed by atoms with Gasteiger partial charge in [0.25, 0.3) is 5.56 Å². The van der Waals surface area contributed by atoms with Crippen molar-refractivity contribution in [2.75, 3.05) is 13.7 Å². The largest absolute Gasteiger partial charge is 0.493 e. The molecule has 0 N–H and O–H groups in total. The number of carbonyl (C=O) groups excluding carboxylic acids is 2. The predicted octanol–water partition coefficient (Wildman–Crippen LogP) is 4.93. The molecule has 1 aromatic heterocycles. The Hall–Kier alpha value is -3.98. The van der Waals surface area contributed by atoms with Crippen molar-refractivity contribution in [3.8, 4) is 11.5 Å². The average Bonchev–Trinajstić information content (AvgIpc) is 3.30. The Kier molecular flexibility index (Phi) is 7.31. The van der Waals surface area contributed by atoms with Gasteiger partial charge in [-0.1, -0.05) is 47.7 Å². The number of allylic oxidation sites excluding steroid dienone is 1. The lowest BCUT2D eigenvalue weighted by atomic mass is 9.49. The summed E-state index contributed by atoms with van der Waals surface area (Å²) >= 11 is 1.26. The number of aromatic nitrogens is 1. The number of thiazole rings is 1. The summed E-state index contributed by atoms with van der Waals surface area (Å²) in [6.07, 6.45) is 8.34. The quantitative estimate of drug-likeness (QED) is 0.278. The fourth-order valence-corrected chi connectivity index (χ4v) is 9.37. The number of nitrogens with zero attached hydrogens (tertiary/aromatic N) is 2. The van der Waals surface area contributed by atoms with Crippen LogP contribution in [-0.4, -0.2) is 30.2 Å². The second-order valence-electron chi connectivity index (χ2n) is 12.7. The molecule has 4 bridgehead atoms. The summed E-state index contributed by atoms with van der Waals surface area (Å²) in [6.45, 7) is 3.75. The van der Waals surface area contributed by atoms with E-state index >= 15 is 0 Å². The van der Waals surface area contributed by atoms with Crippen molar-refractivity contribution in [3.05, 3.63) is 90.6 Å². The Labute approximate surface area is 259 Å². The van der Waals surface area contributed by atoms with Crippen molar-refractivity contribution in [2.24, 2.45) is 28.2 Å². The van der Waals surface area contributed by atoms with Gasteiger partial charge in [-0.05, 0) is 99.5 Å². The molecular weight excluding hydrogens is 576 g/mol. The van der Waals surface area contributed by atoms with Crippen LogP contribution in [0.5, 0.6) is 11.5 Å². The molecular formula is C35H36N2O6S. The van der Waals surface area contributed by atoms with Gasteiger partial charge in [0.2, 0.25) is 0 Å². The number of benzene rings is 2. The summed E-state index contributed by atoms with van der Waals surface area (Å²) in [6, 6.07) is 14.1. The molecule has 0 radical (unpaired) electrons. The van der Waals surface area contributed by atoms with Gasteiger partial charge in [0.15, 0.2) is 16.3 Å². The Morgan fingerprint density at radius 3 is 2.34 bits per heavy atom. The maximum Gasteiger partial charge on any atom is 0.338 e. The summed E-state index contributed by atoms with van der Waals surface area (Å²) in [4.78, 5) is 45.7. The molecule has 0 unspecified atom stereocenters. The van der Waals surface area contributed by atoms with Crippen LogP contribution in [0.3, 0.4) is 0 Å². The first-order valence-corrected chi connectivity index (χ1v) is 16.2. The molecule has 3 aromatic rings. The van der Waals surface area contributed by atoms with Crippen LogP contribution >= 0.6 is 11.3 Å². The zero-order valence-electron chi connectivity index (χ0n) is 25.2. The van der Waals surface area contributed by atoms with Gasteiger partial charge in [-0.25, -0.2) is 9.79 Å². The second-order valence-corrected chi connectivity index (χ2v) is 13.7. The number of fused-ring (bicyclic) bond motifs is 1. The number of carbonyl (C=O) groups is 2. The van der Waals surface area contributed by atoms with Gasteiger partial charge in [0.1, 0.15) is 0 Å². The highest BCUT2D eigenvalue weighted by atomic mass is 32.1. The van der Waals surface area contributed by atoms with Crippen molar-refractivity contribution in [1.29, 1.82) is 0 Å². The standard InChI is InChI=1S/C35H36N2O6S/c1-4-42-32(39)29-20(2)36-34-37(30(29)25-8-6-5-7-9-25)31(38)28(44-34)16-21-10-11-26(27(15-21)41-3)43-33(40)35-17-22-12-23(18-35)14-24(13-22)19-35/h5-11,15-16,22-24,30H,4,12-14,17-19H2,1-3H3/b28-16-/t22?,23?,24?,30-,35?/m0/s1. The molecule has 1 atom stereocenters. The first-order chi connectivity index (χ1) is 21.3. The SMILES string of the molecule is CCOC(=O)C1=C(C)N=c2s/c(=C\c3ccc(OC(=O)C45CC6CC(CC(C6)C4)C5)c(OC)c3)c(=O)n2[C@H]1c1ccccc1. The normalized spacial score (nSPS) is 27.1. The molecule has 4 fully saturated rings. The molecule has 8 rings (SSSR count). The zero-order chi connectivity index (χ0) is 30.6. The molecule has 0 spiro atoms. The van der Waals surface area contributed by atoms with Crippen LogP contribution in [0.2, 0.25) is 0 Å². The summed E-state index contributed by atoms with van der Waals surface area (Å²) < 4.78 is 19.1. The van der Waals surface area contributed by atoms with E-state index < -0.39 is 12.0 Å². The molecule has 1 aliphatic heterocycles. The highest BCUT2D eigenvalue weighted by molar-refractivity contribution is 7.07. The van der Waals surface area contributed by atoms with Crippen molar-refractivity contribution in [3.63, 3.8) is 0 Å². The van der Waals surface area contributed by atoms with E-state index in [-0.39, 0.29) is 23.6 Å². The summed E-state index contributed by atoms with van der Waals surface area (Å²) in [5.74, 6) is 2.14. The third-order valence-electron chi connectivity index (χ3n) is 9.79. The van der Waals surface area contributed by atoms with Gasteiger partial charge in [0, 0.05) is 0 Å². The minimum Gasteiger partial charge on any atom is -0.493 e. The van der Waals surface area contributed by atoms with Crippen LogP contribution in [0.15, 0.2) is 69.6 Å². The van der Waals surface area contributed by atoms with Crippen molar-refractivity contribution in [2.45, 2.75) is 58.4 Å². The summed E-state index contributed by atoms with van der Waals surface area (Å²) in [5.41, 5.74) is 1.76. The first-order valence-electron chi connectivity index (χ1n) is 15.4. The van der Waals surface area contributed by atoms with E-state index in [2.05, 4.69) is 4.99 Å². The van der Waals surface area contributed by atoms with Crippen LogP contribution in [0, 0.1) is 23.2 Å². The van der Waals surface area contributed by atoms with Crippen LogP contribution < -0.4 is 24.4 Å². The van der Waals surface area contributed by atoms with E-state index in [1.807, 2.05) is 36.4 Å². The lowest BCUT2D eigenvalue weighted by Crippen LogP contribution is -2.51. The smallest absolute Gasteiger partial charge is 0.338 e. The van der Waals surface area contributed by atoms with E-state index in [1.165, 1.54) is 30.6 Å². The zero-order valence-corrected chi connectivity index (χ0v) is 26.0. The Morgan fingerprint density at radius 1 is 1.02 bits per heavy atom. The maximum absolute atomic E-state index is 13.9. The minimum absolute atomic E-state index is 0.135. The monoisotopic (exact) mass is 612 g/mol. The number of rotatable bonds is 7. The fraction of sp³-hybridized carbons (Fsp3) is 0.429. The third-order valence-corrected chi connectivity index (χ3v) is 10.8. The van der Waals surface area contributed by atoms with Gasteiger partial charge >= 0.3 is 11.9 Å². The van der Waals surface area contributed by atoms with E-state index in [9.17, 15) is 14.4 Å². The first kappa shape index (κ1) is 28.8. The number of hydrogen-bond acceptors (Lipinski definition) is 8. The number of esters is 2. The molecule has 0 saturated heterocycles. The van der Waals surface area contributed by atoms with Crippen molar-refractivity contribution < 1.29 is 23.8 Å². The van der Waals surface area contributed by atoms with Crippen LogP contribution in [0.4, 0.5) is 0 Å². The summed E-state index contributed by atoms with van der Waals surface area (Å²) in [5, 5.41) is 0. The van der Waals surface area contributed by atoms with Gasteiger partial charge < -0.3 is 14.2 Å². The fourth-order valence-electron chi connectivity index (χ4n) is 8.32. The molecule has 0 amide bonds. The van der Waals surface area contributed by atoms with E-state index in [0.717, 1.165) is 30.4 Å². The topological polar surface area (TPSA) is 96.2 Å². The second kappa shape index (κ2) is 11.2. The van der Waals surface area contributed by atoms with Gasteiger partial charge in [-0.2, -0.15) is 0 Å². The van der Waals surface area contributed by atoms with Crippen molar-refractivity contribution >= 4 is 29.4 Å². The minimum atomic E-state index is -0.658. The molecule has 4 aliphatic carbocycles. The highest BCUT2D eigenvalue weighted by Crippen LogP contribution is 2.60. The average molecular weight is 613 g/mol. The van der Waals surface area contributed by atoms with E-state index in [0.29, 0.717) is 49.9 Å². The molecule has 4 saturated carbocycles.